The standard InChI is InChI=1S/C15H20N4O2/c1-15(2)10-16-14(15)8-19-7-11(17-18-19)9-21-13-5-3-4-12(20)6-13/h3-7,14,16,20H,8-10H2,1-2H3. The van der Waals surface area contributed by atoms with Crippen molar-refractivity contribution in [2.45, 2.75) is 33.0 Å². The fourth-order valence-electron chi connectivity index (χ4n) is 2.38. The highest BCUT2D eigenvalue weighted by atomic mass is 16.5. The molecule has 3 rings (SSSR count). The molecule has 1 aromatic carbocycles. The van der Waals surface area contributed by atoms with Crippen LogP contribution in [0.2, 0.25) is 0 Å². The third-order valence-electron chi connectivity index (χ3n) is 3.91. The average molecular weight is 288 g/mol. The Balaban J connectivity index is 1.55. The number of aromatic hydroxyl groups is 1. The van der Waals surface area contributed by atoms with Crippen molar-refractivity contribution in [2.75, 3.05) is 6.54 Å². The molecule has 112 valence electrons. The first-order chi connectivity index (χ1) is 10.0. The van der Waals surface area contributed by atoms with Crippen LogP contribution in [-0.2, 0) is 13.2 Å². The summed E-state index contributed by atoms with van der Waals surface area (Å²) in [5.41, 5.74) is 1.08. The van der Waals surface area contributed by atoms with Crippen LogP contribution in [0.1, 0.15) is 19.5 Å². The zero-order valence-corrected chi connectivity index (χ0v) is 12.3. The second kappa shape index (κ2) is 5.37. The second-order valence-electron chi connectivity index (χ2n) is 6.14. The van der Waals surface area contributed by atoms with E-state index in [1.165, 1.54) is 0 Å². The highest BCUT2D eigenvalue weighted by molar-refractivity contribution is 5.31. The zero-order valence-electron chi connectivity index (χ0n) is 12.3. The molecule has 6 heteroatoms. The molecule has 1 aliphatic heterocycles. The molecule has 1 saturated heterocycles. The van der Waals surface area contributed by atoms with Crippen LogP contribution in [0.5, 0.6) is 11.5 Å². The van der Waals surface area contributed by atoms with Gasteiger partial charge in [-0.25, -0.2) is 0 Å². The maximum absolute atomic E-state index is 9.38. The Morgan fingerprint density at radius 1 is 1.48 bits per heavy atom. The number of benzene rings is 1. The lowest BCUT2D eigenvalue weighted by Crippen LogP contribution is -2.61. The van der Waals surface area contributed by atoms with Crippen LogP contribution in [-0.4, -0.2) is 32.7 Å². The molecule has 0 radical (unpaired) electrons. The van der Waals surface area contributed by atoms with Gasteiger partial charge >= 0.3 is 0 Å². The molecule has 1 fully saturated rings. The van der Waals surface area contributed by atoms with E-state index in [2.05, 4.69) is 29.5 Å². The molecule has 1 aliphatic rings. The van der Waals surface area contributed by atoms with E-state index < -0.39 is 0 Å². The van der Waals surface area contributed by atoms with E-state index in [1.54, 1.807) is 24.3 Å². The predicted octanol–water partition coefficient (Wildman–Crippen LogP) is 1.56. The topological polar surface area (TPSA) is 72.2 Å². The third-order valence-corrected chi connectivity index (χ3v) is 3.91. The van der Waals surface area contributed by atoms with Gasteiger partial charge in [0.25, 0.3) is 0 Å². The van der Waals surface area contributed by atoms with Crippen LogP contribution < -0.4 is 10.1 Å². The lowest BCUT2D eigenvalue weighted by atomic mass is 9.77. The van der Waals surface area contributed by atoms with Crippen LogP contribution in [0, 0.1) is 5.41 Å². The number of nitrogens with zero attached hydrogens (tertiary/aromatic N) is 3. The van der Waals surface area contributed by atoms with Gasteiger partial charge in [-0.15, -0.1) is 5.10 Å². The van der Waals surface area contributed by atoms with E-state index in [0.717, 1.165) is 18.8 Å². The van der Waals surface area contributed by atoms with Crippen molar-refractivity contribution in [1.82, 2.24) is 20.3 Å². The molecule has 0 saturated carbocycles. The van der Waals surface area contributed by atoms with E-state index in [1.807, 2.05) is 10.9 Å². The molecule has 21 heavy (non-hydrogen) atoms. The van der Waals surface area contributed by atoms with E-state index >= 15 is 0 Å². The number of nitrogens with one attached hydrogen (secondary N) is 1. The Labute approximate surface area is 123 Å². The first kappa shape index (κ1) is 13.9. The molecule has 1 aromatic heterocycles. The van der Waals surface area contributed by atoms with Crippen molar-refractivity contribution < 1.29 is 9.84 Å². The van der Waals surface area contributed by atoms with Gasteiger partial charge in [-0.3, -0.25) is 4.68 Å². The Morgan fingerprint density at radius 2 is 2.33 bits per heavy atom. The molecular formula is C15H20N4O2. The summed E-state index contributed by atoms with van der Waals surface area (Å²) < 4.78 is 7.43. The summed E-state index contributed by atoms with van der Waals surface area (Å²) in [7, 11) is 0. The van der Waals surface area contributed by atoms with Gasteiger partial charge in [-0.2, -0.15) is 0 Å². The molecule has 2 aromatic rings. The Hall–Kier alpha value is -2.08. The van der Waals surface area contributed by atoms with Crippen LogP contribution in [0.15, 0.2) is 30.5 Å². The lowest BCUT2D eigenvalue weighted by Gasteiger charge is -2.45. The van der Waals surface area contributed by atoms with Crippen molar-refractivity contribution in [3.05, 3.63) is 36.2 Å². The molecule has 2 heterocycles. The van der Waals surface area contributed by atoms with E-state index in [-0.39, 0.29) is 5.75 Å². The number of rotatable bonds is 5. The van der Waals surface area contributed by atoms with Crippen molar-refractivity contribution in [2.24, 2.45) is 5.41 Å². The summed E-state index contributed by atoms with van der Waals surface area (Å²) in [5.74, 6) is 0.806. The van der Waals surface area contributed by atoms with Gasteiger partial charge in [0.15, 0.2) is 0 Å². The number of hydrogen-bond donors (Lipinski definition) is 2. The van der Waals surface area contributed by atoms with Gasteiger partial charge in [-0.05, 0) is 17.5 Å². The van der Waals surface area contributed by atoms with E-state index in [4.69, 9.17) is 4.74 Å². The zero-order chi connectivity index (χ0) is 14.9. The number of phenols is 1. The van der Waals surface area contributed by atoms with Crippen molar-refractivity contribution in [3.63, 3.8) is 0 Å². The normalized spacial score (nSPS) is 20.0. The minimum atomic E-state index is 0.189. The van der Waals surface area contributed by atoms with Gasteiger partial charge in [0.05, 0.1) is 12.7 Å². The van der Waals surface area contributed by atoms with Crippen LogP contribution in [0.3, 0.4) is 0 Å². The van der Waals surface area contributed by atoms with Crippen molar-refractivity contribution in [1.29, 1.82) is 0 Å². The number of ether oxygens (including phenoxy) is 1. The van der Waals surface area contributed by atoms with Crippen molar-refractivity contribution in [3.8, 4) is 11.5 Å². The van der Waals surface area contributed by atoms with Crippen LogP contribution in [0.4, 0.5) is 0 Å². The number of hydrogen-bond acceptors (Lipinski definition) is 5. The molecule has 0 amide bonds. The second-order valence-corrected chi connectivity index (χ2v) is 6.14. The largest absolute Gasteiger partial charge is 0.508 e. The summed E-state index contributed by atoms with van der Waals surface area (Å²) in [6.07, 6.45) is 1.90. The van der Waals surface area contributed by atoms with Gasteiger partial charge in [0.1, 0.15) is 23.8 Å². The van der Waals surface area contributed by atoms with Gasteiger partial charge in [0, 0.05) is 18.7 Å². The van der Waals surface area contributed by atoms with Crippen LogP contribution in [0.25, 0.3) is 0 Å². The van der Waals surface area contributed by atoms with Gasteiger partial charge in [-0.1, -0.05) is 25.1 Å². The first-order valence-corrected chi connectivity index (χ1v) is 7.07. The summed E-state index contributed by atoms with van der Waals surface area (Å²) >= 11 is 0. The molecular weight excluding hydrogens is 268 g/mol. The molecule has 0 aliphatic carbocycles. The first-order valence-electron chi connectivity index (χ1n) is 7.07. The molecule has 0 spiro atoms. The maximum atomic E-state index is 9.38. The Bertz CT molecular complexity index is 624. The number of aromatic nitrogens is 3. The minimum absolute atomic E-state index is 0.189. The smallest absolute Gasteiger partial charge is 0.134 e. The fourth-order valence-corrected chi connectivity index (χ4v) is 2.38. The SMILES string of the molecule is CC1(C)CNC1Cn1cc(COc2cccc(O)c2)nn1. The monoisotopic (exact) mass is 288 g/mol. The van der Waals surface area contributed by atoms with E-state index in [0.29, 0.717) is 23.8 Å². The molecule has 1 unspecified atom stereocenters. The van der Waals surface area contributed by atoms with Crippen molar-refractivity contribution >= 4 is 0 Å². The lowest BCUT2D eigenvalue weighted by molar-refractivity contribution is 0.107. The summed E-state index contributed by atoms with van der Waals surface area (Å²) in [6.45, 7) is 6.69. The Kier molecular flexibility index (Phi) is 3.55. The quantitative estimate of drug-likeness (QED) is 0.873. The molecule has 0 bridgehead atoms. The third kappa shape index (κ3) is 3.16. The molecule has 1 atom stereocenters. The Morgan fingerprint density at radius 3 is 3.00 bits per heavy atom. The highest BCUT2D eigenvalue weighted by Crippen LogP contribution is 2.28. The predicted molar refractivity (Wildman–Crippen MR) is 78.0 cm³/mol. The molecule has 2 N–H and O–H groups in total. The summed E-state index contributed by atoms with van der Waals surface area (Å²) in [4.78, 5) is 0. The molecule has 6 nitrogen and oxygen atoms in total. The van der Waals surface area contributed by atoms with Gasteiger partial charge < -0.3 is 15.2 Å². The maximum Gasteiger partial charge on any atom is 0.134 e. The van der Waals surface area contributed by atoms with Crippen LogP contribution >= 0.6 is 0 Å². The highest BCUT2D eigenvalue weighted by Gasteiger charge is 2.38. The van der Waals surface area contributed by atoms with E-state index in [9.17, 15) is 5.11 Å². The fraction of sp³-hybridized carbons (Fsp3) is 0.467. The summed E-state index contributed by atoms with van der Waals surface area (Å²) in [5, 5.41) is 21.0. The summed E-state index contributed by atoms with van der Waals surface area (Å²) in [6, 6.07) is 7.15. The minimum Gasteiger partial charge on any atom is -0.508 e. The number of phenolic OH excluding ortho intramolecular Hbond substituents is 1. The average Bonchev–Trinajstić information content (AvgIpc) is 2.89. The van der Waals surface area contributed by atoms with Gasteiger partial charge in [0.2, 0.25) is 0 Å².